The minimum atomic E-state index is -5.08. The molecule has 1 aromatic rings. The number of aliphatic carboxylic acids is 1. The van der Waals surface area contributed by atoms with E-state index in [0.717, 1.165) is 37.9 Å². The predicted molar refractivity (Wildman–Crippen MR) is 100 cm³/mol. The number of carboxylic acids is 1. The van der Waals surface area contributed by atoms with Gasteiger partial charge in [0.05, 0.1) is 5.41 Å². The molecule has 2 aliphatic heterocycles. The molecular formula is C19H25F3N4O4. The van der Waals surface area contributed by atoms with Crippen LogP contribution in [0.25, 0.3) is 0 Å². The molecule has 0 saturated carbocycles. The molecule has 0 radical (unpaired) electrons. The number of rotatable bonds is 2. The lowest BCUT2D eigenvalue weighted by molar-refractivity contribution is -0.192. The third kappa shape index (κ3) is 5.61. The van der Waals surface area contributed by atoms with E-state index in [9.17, 15) is 22.8 Å². The molecular weight excluding hydrogens is 405 g/mol. The predicted octanol–water partition coefficient (Wildman–Crippen LogP) is 2.21. The van der Waals surface area contributed by atoms with E-state index in [4.69, 9.17) is 9.90 Å². The van der Waals surface area contributed by atoms with Gasteiger partial charge in [-0.15, -0.1) is 0 Å². The number of urea groups is 1. The fraction of sp³-hybridized carbons (Fsp3) is 0.579. The molecule has 11 heteroatoms. The minimum Gasteiger partial charge on any atom is -0.475 e. The first kappa shape index (κ1) is 23.4. The van der Waals surface area contributed by atoms with Crippen molar-refractivity contribution in [2.24, 2.45) is 5.41 Å². The quantitative estimate of drug-likeness (QED) is 0.777. The number of nitrogens with zero attached hydrogens (tertiary/aromatic N) is 4. The van der Waals surface area contributed by atoms with Crippen molar-refractivity contribution in [1.82, 2.24) is 19.7 Å². The highest BCUT2D eigenvalue weighted by Gasteiger charge is 2.49. The molecule has 1 N–H and O–H groups in total. The van der Waals surface area contributed by atoms with Crippen molar-refractivity contribution in [1.29, 1.82) is 0 Å². The molecule has 30 heavy (non-hydrogen) atoms. The third-order valence-corrected chi connectivity index (χ3v) is 5.20. The van der Waals surface area contributed by atoms with Gasteiger partial charge in [0, 0.05) is 52.7 Å². The van der Waals surface area contributed by atoms with Crippen LogP contribution in [0.15, 0.2) is 24.5 Å². The molecule has 1 atom stereocenters. The van der Waals surface area contributed by atoms with E-state index in [-0.39, 0.29) is 17.4 Å². The first-order chi connectivity index (χ1) is 14.0. The van der Waals surface area contributed by atoms with Crippen molar-refractivity contribution in [3.63, 3.8) is 0 Å². The molecule has 1 unspecified atom stereocenters. The van der Waals surface area contributed by atoms with Crippen LogP contribution in [0.4, 0.5) is 18.0 Å². The number of carboxylic acid groups (broad SMARTS) is 1. The lowest BCUT2D eigenvalue weighted by Gasteiger charge is -2.39. The van der Waals surface area contributed by atoms with E-state index in [1.807, 2.05) is 21.9 Å². The smallest absolute Gasteiger partial charge is 0.475 e. The van der Waals surface area contributed by atoms with Crippen molar-refractivity contribution in [3.8, 4) is 0 Å². The van der Waals surface area contributed by atoms with Crippen molar-refractivity contribution >= 4 is 17.9 Å². The molecule has 8 nitrogen and oxygen atoms in total. The Balaban J connectivity index is 0.000000396. The van der Waals surface area contributed by atoms with Crippen LogP contribution in [0.1, 0.15) is 24.8 Å². The maximum Gasteiger partial charge on any atom is 0.490 e. The number of halogens is 3. The summed E-state index contributed by atoms with van der Waals surface area (Å²) in [6.45, 7) is 2.70. The molecule has 1 spiro atoms. The van der Waals surface area contributed by atoms with Crippen LogP contribution in [0.3, 0.4) is 0 Å². The molecule has 2 saturated heterocycles. The van der Waals surface area contributed by atoms with Gasteiger partial charge in [-0.2, -0.15) is 13.2 Å². The second-order valence-electron chi connectivity index (χ2n) is 7.62. The Kier molecular flexibility index (Phi) is 7.27. The first-order valence-corrected chi connectivity index (χ1v) is 9.41. The largest absolute Gasteiger partial charge is 0.490 e. The van der Waals surface area contributed by atoms with Crippen LogP contribution in [0, 0.1) is 5.41 Å². The van der Waals surface area contributed by atoms with Gasteiger partial charge in [-0.05, 0) is 37.0 Å². The summed E-state index contributed by atoms with van der Waals surface area (Å²) in [6.07, 6.45) is 1.05. The summed E-state index contributed by atoms with van der Waals surface area (Å²) in [5.41, 5.74) is 0.721. The van der Waals surface area contributed by atoms with Gasteiger partial charge in [-0.3, -0.25) is 9.78 Å². The molecule has 0 bridgehead atoms. The highest BCUT2D eigenvalue weighted by atomic mass is 19.4. The maximum atomic E-state index is 13.0. The van der Waals surface area contributed by atoms with Crippen LogP contribution in [-0.4, -0.2) is 82.6 Å². The fourth-order valence-electron chi connectivity index (χ4n) is 3.71. The Morgan fingerprint density at radius 2 is 1.80 bits per heavy atom. The highest BCUT2D eigenvalue weighted by molar-refractivity contribution is 5.86. The van der Waals surface area contributed by atoms with Crippen molar-refractivity contribution in [2.75, 3.05) is 33.7 Å². The number of hydrogen-bond acceptors (Lipinski definition) is 4. The summed E-state index contributed by atoms with van der Waals surface area (Å²) in [5, 5.41) is 7.12. The molecule has 0 aromatic carbocycles. The molecule has 3 rings (SSSR count). The summed E-state index contributed by atoms with van der Waals surface area (Å²) in [6, 6.07) is 3.90. The van der Waals surface area contributed by atoms with E-state index in [2.05, 4.69) is 4.98 Å². The second-order valence-corrected chi connectivity index (χ2v) is 7.62. The number of likely N-dealkylation sites (tertiary alicyclic amines) is 2. The number of carbonyl (C=O) groups is 3. The fourth-order valence-corrected chi connectivity index (χ4v) is 3.71. The molecule has 3 amide bonds. The van der Waals surface area contributed by atoms with Crippen LogP contribution in [0.5, 0.6) is 0 Å². The molecule has 3 heterocycles. The minimum absolute atomic E-state index is 0.00413. The van der Waals surface area contributed by atoms with Gasteiger partial charge in [0.25, 0.3) is 0 Å². The summed E-state index contributed by atoms with van der Waals surface area (Å²) in [4.78, 5) is 43.5. The van der Waals surface area contributed by atoms with Gasteiger partial charge in [0.15, 0.2) is 0 Å². The Hall–Kier alpha value is -2.85. The molecule has 2 fully saturated rings. The summed E-state index contributed by atoms with van der Waals surface area (Å²) in [7, 11) is 3.52. The summed E-state index contributed by atoms with van der Waals surface area (Å²) < 4.78 is 31.7. The topological polar surface area (TPSA) is 94.1 Å². The second kappa shape index (κ2) is 9.31. The number of piperidine rings is 1. The Morgan fingerprint density at radius 1 is 1.20 bits per heavy atom. The maximum absolute atomic E-state index is 13.0. The van der Waals surface area contributed by atoms with Gasteiger partial charge in [-0.1, -0.05) is 0 Å². The lowest BCUT2D eigenvalue weighted by Crippen LogP contribution is -2.52. The number of pyridine rings is 1. The molecule has 2 aliphatic rings. The van der Waals surface area contributed by atoms with E-state index >= 15 is 0 Å². The first-order valence-electron chi connectivity index (χ1n) is 9.41. The summed E-state index contributed by atoms with van der Waals surface area (Å²) >= 11 is 0. The molecule has 0 aliphatic carbocycles. The number of amides is 3. The van der Waals surface area contributed by atoms with E-state index in [1.54, 1.807) is 31.4 Å². The normalized spacial score (nSPS) is 21.3. The number of hydrogen-bond donors (Lipinski definition) is 1. The van der Waals surface area contributed by atoms with Crippen LogP contribution >= 0.6 is 0 Å². The number of aromatic nitrogens is 1. The SMILES string of the molecule is CN(C)C(=O)N1CCCC2(CCN(Cc3ccncc3)C2=O)C1.O=C(O)C(F)(F)F. The number of carbonyl (C=O) groups excluding carboxylic acids is 2. The third-order valence-electron chi connectivity index (χ3n) is 5.20. The monoisotopic (exact) mass is 430 g/mol. The van der Waals surface area contributed by atoms with Gasteiger partial charge in [0.2, 0.25) is 5.91 Å². The Labute approximate surface area is 172 Å². The van der Waals surface area contributed by atoms with Crippen LogP contribution < -0.4 is 0 Å². The zero-order chi connectivity index (χ0) is 22.5. The zero-order valence-electron chi connectivity index (χ0n) is 16.9. The Morgan fingerprint density at radius 3 is 2.33 bits per heavy atom. The Bertz CT molecular complexity index is 773. The van der Waals surface area contributed by atoms with E-state index in [1.165, 1.54) is 0 Å². The van der Waals surface area contributed by atoms with E-state index < -0.39 is 12.1 Å². The van der Waals surface area contributed by atoms with Gasteiger partial charge in [-0.25, -0.2) is 9.59 Å². The average Bonchev–Trinajstić information content (AvgIpc) is 2.97. The molecule has 1 aromatic heterocycles. The summed E-state index contributed by atoms with van der Waals surface area (Å²) in [5.74, 6) is -2.56. The lowest BCUT2D eigenvalue weighted by atomic mass is 9.78. The van der Waals surface area contributed by atoms with Crippen molar-refractivity contribution in [2.45, 2.75) is 32.0 Å². The number of alkyl halides is 3. The standard InChI is InChI=1S/C17H24N4O2.C2HF3O2/c1-19(2)16(23)21-10-3-6-17(13-21)7-11-20(15(17)22)12-14-4-8-18-9-5-14;3-2(4,5)1(6)7/h4-5,8-9H,3,6-7,10-13H2,1-2H3;(H,6,7). The molecule has 166 valence electrons. The van der Waals surface area contributed by atoms with Crippen molar-refractivity contribution in [3.05, 3.63) is 30.1 Å². The van der Waals surface area contributed by atoms with Gasteiger partial charge >= 0.3 is 18.2 Å². The van der Waals surface area contributed by atoms with Crippen LogP contribution in [0.2, 0.25) is 0 Å². The van der Waals surface area contributed by atoms with Crippen LogP contribution in [-0.2, 0) is 16.1 Å². The van der Waals surface area contributed by atoms with E-state index in [0.29, 0.717) is 13.1 Å². The highest BCUT2D eigenvalue weighted by Crippen LogP contribution is 2.40. The zero-order valence-corrected chi connectivity index (χ0v) is 16.9. The van der Waals surface area contributed by atoms with Gasteiger partial charge < -0.3 is 19.8 Å². The average molecular weight is 430 g/mol. The van der Waals surface area contributed by atoms with Gasteiger partial charge in [0.1, 0.15) is 0 Å². The van der Waals surface area contributed by atoms with Crippen molar-refractivity contribution < 1.29 is 32.7 Å².